The van der Waals surface area contributed by atoms with Crippen molar-refractivity contribution >= 4 is 22.4 Å². The zero-order valence-corrected chi connectivity index (χ0v) is 11.0. The molecular weight excluding hydrogens is 250 g/mol. The molecule has 4 heteroatoms. The normalized spacial score (nSPS) is 10.4. The number of rotatable bonds is 2. The lowest BCUT2D eigenvalue weighted by Gasteiger charge is -2.09. The Bertz CT molecular complexity index is 769. The van der Waals surface area contributed by atoms with Gasteiger partial charge in [-0.1, -0.05) is 24.3 Å². The molecule has 98 valence electrons. The largest absolute Gasteiger partial charge is 0.319 e. The van der Waals surface area contributed by atoms with E-state index in [0.29, 0.717) is 11.4 Å². The van der Waals surface area contributed by atoms with Crippen LogP contribution in [0.2, 0.25) is 0 Å². The predicted molar refractivity (Wildman–Crippen MR) is 78.7 cm³/mol. The molecule has 0 radical (unpaired) electrons. The predicted octanol–water partition coefficient (Wildman–Crippen LogP) is 3.19. The van der Waals surface area contributed by atoms with E-state index in [1.165, 1.54) is 0 Å². The maximum absolute atomic E-state index is 12.1. The third-order valence-corrected chi connectivity index (χ3v) is 3.17. The molecule has 1 aromatic carbocycles. The summed E-state index contributed by atoms with van der Waals surface area (Å²) in [5, 5.41) is 4.87. The van der Waals surface area contributed by atoms with Gasteiger partial charge in [-0.25, -0.2) is 0 Å². The van der Waals surface area contributed by atoms with Gasteiger partial charge in [-0.05, 0) is 24.6 Å². The van der Waals surface area contributed by atoms with Crippen LogP contribution in [-0.4, -0.2) is 15.9 Å². The molecule has 0 aliphatic carbocycles. The second kappa shape index (κ2) is 5.09. The van der Waals surface area contributed by atoms with Gasteiger partial charge in [-0.3, -0.25) is 14.8 Å². The molecule has 0 atom stereocenters. The number of carbonyl (C=O) groups excluding carboxylic acids is 1. The van der Waals surface area contributed by atoms with E-state index < -0.39 is 0 Å². The van der Waals surface area contributed by atoms with Gasteiger partial charge in [-0.15, -0.1) is 0 Å². The molecule has 3 aromatic rings. The highest BCUT2D eigenvalue weighted by Gasteiger charge is 2.09. The molecule has 0 spiro atoms. The van der Waals surface area contributed by atoms with Gasteiger partial charge in [-0.2, -0.15) is 0 Å². The molecule has 2 heterocycles. The van der Waals surface area contributed by atoms with Crippen LogP contribution >= 0.6 is 0 Å². The lowest BCUT2D eigenvalue weighted by Crippen LogP contribution is -2.13. The number of nitrogens with zero attached hydrogens (tertiary/aromatic N) is 2. The van der Waals surface area contributed by atoms with Crippen molar-refractivity contribution in [3.8, 4) is 0 Å². The first-order valence-corrected chi connectivity index (χ1v) is 6.31. The number of benzene rings is 1. The van der Waals surface area contributed by atoms with Crippen LogP contribution in [0.4, 0.5) is 5.69 Å². The first-order chi connectivity index (χ1) is 9.75. The van der Waals surface area contributed by atoms with E-state index in [9.17, 15) is 4.79 Å². The third-order valence-electron chi connectivity index (χ3n) is 3.17. The Balaban J connectivity index is 2.00. The number of fused-ring (bicyclic) bond motifs is 1. The Hall–Kier alpha value is -2.75. The maximum Gasteiger partial charge on any atom is 0.274 e. The summed E-state index contributed by atoms with van der Waals surface area (Å²) in [6, 6.07) is 11.2. The topological polar surface area (TPSA) is 54.9 Å². The number of hydrogen-bond donors (Lipinski definition) is 1. The van der Waals surface area contributed by atoms with Crippen LogP contribution in [0.25, 0.3) is 10.8 Å². The Kier molecular flexibility index (Phi) is 3.13. The Morgan fingerprint density at radius 3 is 2.75 bits per heavy atom. The van der Waals surface area contributed by atoms with Gasteiger partial charge in [0, 0.05) is 23.2 Å². The molecule has 0 saturated carbocycles. The Morgan fingerprint density at radius 2 is 1.95 bits per heavy atom. The molecule has 1 N–H and O–H groups in total. The van der Waals surface area contributed by atoms with Crippen molar-refractivity contribution in [2.45, 2.75) is 6.92 Å². The van der Waals surface area contributed by atoms with Crippen molar-refractivity contribution in [2.75, 3.05) is 5.32 Å². The van der Waals surface area contributed by atoms with Crippen molar-refractivity contribution in [1.29, 1.82) is 0 Å². The van der Waals surface area contributed by atoms with E-state index >= 15 is 0 Å². The van der Waals surface area contributed by atoms with E-state index in [-0.39, 0.29) is 5.91 Å². The Morgan fingerprint density at radius 1 is 1.05 bits per heavy atom. The monoisotopic (exact) mass is 263 g/mol. The molecule has 0 bridgehead atoms. The summed E-state index contributed by atoms with van der Waals surface area (Å²) >= 11 is 0. The van der Waals surface area contributed by atoms with Gasteiger partial charge in [0.15, 0.2) is 0 Å². The summed E-state index contributed by atoms with van der Waals surface area (Å²) in [6.07, 6.45) is 5.06. The minimum atomic E-state index is -0.235. The average Bonchev–Trinajstić information content (AvgIpc) is 2.49. The molecular formula is C16H13N3O. The first kappa shape index (κ1) is 12.3. The molecule has 20 heavy (non-hydrogen) atoms. The van der Waals surface area contributed by atoms with Gasteiger partial charge >= 0.3 is 0 Å². The molecule has 0 saturated heterocycles. The van der Waals surface area contributed by atoms with Gasteiger partial charge in [0.05, 0.1) is 11.9 Å². The molecule has 1 amide bonds. The number of pyridine rings is 2. The summed E-state index contributed by atoms with van der Waals surface area (Å²) in [5.41, 5.74) is 2.21. The van der Waals surface area contributed by atoms with Crippen molar-refractivity contribution in [1.82, 2.24) is 9.97 Å². The summed E-state index contributed by atoms with van der Waals surface area (Å²) in [5.74, 6) is -0.235. The third kappa shape index (κ3) is 2.23. The van der Waals surface area contributed by atoms with E-state index in [2.05, 4.69) is 15.3 Å². The summed E-state index contributed by atoms with van der Waals surface area (Å²) in [7, 11) is 0. The zero-order valence-electron chi connectivity index (χ0n) is 11.0. The van der Waals surface area contributed by atoms with Crippen molar-refractivity contribution in [2.24, 2.45) is 0 Å². The van der Waals surface area contributed by atoms with Crippen LogP contribution in [0.5, 0.6) is 0 Å². The number of aromatic nitrogens is 2. The molecule has 0 fully saturated rings. The SMILES string of the molecule is Cc1cccc2c(NC(=O)c3ccccn3)cncc12. The van der Waals surface area contributed by atoms with Crippen LogP contribution in [0.15, 0.2) is 55.0 Å². The van der Waals surface area contributed by atoms with Crippen molar-refractivity contribution in [3.63, 3.8) is 0 Å². The minimum absolute atomic E-state index is 0.235. The lowest BCUT2D eigenvalue weighted by atomic mass is 10.1. The van der Waals surface area contributed by atoms with E-state index in [1.54, 1.807) is 36.8 Å². The van der Waals surface area contributed by atoms with Gasteiger partial charge in [0.1, 0.15) is 5.69 Å². The number of nitrogens with one attached hydrogen (secondary N) is 1. The molecule has 0 unspecified atom stereocenters. The zero-order chi connectivity index (χ0) is 13.9. The highest BCUT2D eigenvalue weighted by molar-refractivity contribution is 6.08. The smallest absolute Gasteiger partial charge is 0.274 e. The number of amides is 1. The fraction of sp³-hybridized carbons (Fsp3) is 0.0625. The van der Waals surface area contributed by atoms with Gasteiger partial charge in [0.2, 0.25) is 0 Å². The maximum atomic E-state index is 12.1. The molecule has 4 nitrogen and oxygen atoms in total. The number of carbonyl (C=O) groups is 1. The minimum Gasteiger partial charge on any atom is -0.319 e. The summed E-state index contributed by atoms with van der Waals surface area (Å²) < 4.78 is 0. The number of hydrogen-bond acceptors (Lipinski definition) is 3. The van der Waals surface area contributed by atoms with Crippen LogP contribution < -0.4 is 5.32 Å². The number of aryl methyl sites for hydroxylation is 1. The standard InChI is InChI=1S/C16H13N3O/c1-11-5-4-6-12-13(11)9-17-10-15(12)19-16(20)14-7-2-3-8-18-14/h2-10H,1H3,(H,19,20). The quantitative estimate of drug-likeness (QED) is 0.772. The van der Waals surface area contributed by atoms with Gasteiger partial charge in [0.25, 0.3) is 5.91 Å². The van der Waals surface area contributed by atoms with Crippen LogP contribution in [0.1, 0.15) is 16.1 Å². The molecule has 2 aromatic heterocycles. The van der Waals surface area contributed by atoms with E-state index in [1.807, 2.05) is 25.1 Å². The first-order valence-electron chi connectivity index (χ1n) is 6.31. The second-order valence-electron chi connectivity index (χ2n) is 4.53. The lowest BCUT2D eigenvalue weighted by molar-refractivity contribution is 0.102. The van der Waals surface area contributed by atoms with Crippen LogP contribution in [0, 0.1) is 6.92 Å². The molecule has 0 aliphatic rings. The van der Waals surface area contributed by atoms with Crippen LogP contribution in [0.3, 0.4) is 0 Å². The van der Waals surface area contributed by atoms with Crippen LogP contribution in [-0.2, 0) is 0 Å². The second-order valence-corrected chi connectivity index (χ2v) is 4.53. The summed E-state index contributed by atoms with van der Waals surface area (Å²) in [6.45, 7) is 2.02. The Labute approximate surface area is 116 Å². The molecule has 3 rings (SSSR count). The highest BCUT2D eigenvalue weighted by Crippen LogP contribution is 2.24. The van der Waals surface area contributed by atoms with E-state index in [4.69, 9.17) is 0 Å². The fourth-order valence-electron chi connectivity index (χ4n) is 2.13. The number of anilines is 1. The average molecular weight is 263 g/mol. The summed E-state index contributed by atoms with van der Waals surface area (Å²) in [4.78, 5) is 20.4. The fourth-order valence-corrected chi connectivity index (χ4v) is 2.13. The van der Waals surface area contributed by atoms with Crippen molar-refractivity contribution < 1.29 is 4.79 Å². The highest BCUT2D eigenvalue weighted by atomic mass is 16.1. The van der Waals surface area contributed by atoms with Gasteiger partial charge < -0.3 is 5.32 Å². The molecule has 0 aliphatic heterocycles. The van der Waals surface area contributed by atoms with E-state index in [0.717, 1.165) is 16.3 Å². The van der Waals surface area contributed by atoms with Crippen molar-refractivity contribution in [3.05, 3.63) is 66.2 Å².